The van der Waals surface area contributed by atoms with Crippen LogP contribution in [0.5, 0.6) is 5.75 Å². The fraction of sp³-hybridized carbons (Fsp3) is 0.379. The van der Waals surface area contributed by atoms with E-state index in [2.05, 4.69) is 19.9 Å². The quantitative estimate of drug-likeness (QED) is 0.331. The molecule has 0 atom stereocenters. The summed E-state index contributed by atoms with van der Waals surface area (Å²) in [5.74, 6) is 0.389. The van der Waals surface area contributed by atoms with E-state index in [4.69, 9.17) is 4.74 Å². The van der Waals surface area contributed by atoms with Gasteiger partial charge in [0.25, 0.3) is 5.91 Å². The highest BCUT2D eigenvalue weighted by molar-refractivity contribution is 5.94. The number of nitrogens with zero attached hydrogens (tertiary/aromatic N) is 6. The Hall–Kier alpha value is -4.08. The van der Waals surface area contributed by atoms with Crippen molar-refractivity contribution in [3.8, 4) is 5.75 Å². The van der Waals surface area contributed by atoms with Crippen LogP contribution < -0.4 is 9.64 Å². The molecule has 10 heteroatoms. The van der Waals surface area contributed by atoms with Crippen molar-refractivity contribution < 1.29 is 18.3 Å². The van der Waals surface area contributed by atoms with Crippen molar-refractivity contribution in [2.75, 3.05) is 32.1 Å². The summed E-state index contributed by atoms with van der Waals surface area (Å²) in [6, 6.07) is 8.30. The molecule has 3 aromatic heterocycles. The number of rotatable bonds is 7. The number of ether oxygens (including phenoxy) is 1. The number of aromatic nitrogens is 4. The SMILES string of the molecule is CC(C)Oc1ccc(N2CCC(n3cc(F)c4c(Cc5ccc(C(=O)N(C)C)cc5F)ncnc43)CC2)nc1. The van der Waals surface area contributed by atoms with Gasteiger partial charge in [0, 0.05) is 51.4 Å². The van der Waals surface area contributed by atoms with Crippen LogP contribution in [0.2, 0.25) is 0 Å². The van der Waals surface area contributed by atoms with Gasteiger partial charge in [-0.25, -0.2) is 23.7 Å². The maximum Gasteiger partial charge on any atom is 0.253 e. The summed E-state index contributed by atoms with van der Waals surface area (Å²) in [5.41, 5.74) is 1.51. The van der Waals surface area contributed by atoms with Gasteiger partial charge >= 0.3 is 0 Å². The van der Waals surface area contributed by atoms with Gasteiger partial charge in [-0.2, -0.15) is 0 Å². The maximum absolute atomic E-state index is 15.3. The number of halogens is 2. The normalized spacial score (nSPS) is 14.3. The molecular formula is C29H32F2N6O2. The zero-order valence-corrected chi connectivity index (χ0v) is 22.6. The van der Waals surface area contributed by atoms with Crippen molar-refractivity contribution >= 4 is 22.8 Å². The second-order valence-corrected chi connectivity index (χ2v) is 10.3. The highest BCUT2D eigenvalue weighted by Crippen LogP contribution is 2.32. The average molecular weight is 535 g/mol. The van der Waals surface area contributed by atoms with Gasteiger partial charge in [0.2, 0.25) is 0 Å². The summed E-state index contributed by atoms with van der Waals surface area (Å²) in [7, 11) is 3.22. The summed E-state index contributed by atoms with van der Waals surface area (Å²) < 4.78 is 37.7. The zero-order valence-electron chi connectivity index (χ0n) is 22.6. The van der Waals surface area contributed by atoms with Gasteiger partial charge in [0.1, 0.15) is 29.4 Å². The molecule has 0 unspecified atom stereocenters. The molecule has 0 spiro atoms. The molecule has 8 nitrogen and oxygen atoms in total. The van der Waals surface area contributed by atoms with E-state index in [1.54, 1.807) is 32.4 Å². The van der Waals surface area contributed by atoms with Gasteiger partial charge in [0.05, 0.1) is 23.4 Å². The minimum Gasteiger partial charge on any atom is -0.489 e. The van der Waals surface area contributed by atoms with E-state index in [1.165, 1.54) is 23.5 Å². The molecule has 204 valence electrons. The Labute approximate surface area is 226 Å². The molecule has 0 N–H and O–H groups in total. The molecule has 4 aromatic rings. The molecule has 0 aliphatic carbocycles. The standard InChI is InChI=1S/C29H32F2N6O2/c1-18(2)39-22-7-8-26(32-15-22)36-11-9-21(10-12-36)37-16-24(31)27-25(33-17-34-28(27)37)14-19-5-6-20(13-23(19)30)29(38)35(3)4/h5-8,13,15-18,21H,9-12,14H2,1-4H3. The monoisotopic (exact) mass is 534 g/mol. The first-order valence-electron chi connectivity index (χ1n) is 13.1. The highest BCUT2D eigenvalue weighted by Gasteiger charge is 2.26. The van der Waals surface area contributed by atoms with Crippen LogP contribution >= 0.6 is 0 Å². The molecule has 1 saturated heterocycles. The van der Waals surface area contributed by atoms with E-state index in [0.717, 1.165) is 37.5 Å². The Morgan fingerprint density at radius 3 is 2.49 bits per heavy atom. The topological polar surface area (TPSA) is 76.4 Å². The maximum atomic E-state index is 15.3. The molecule has 4 heterocycles. The number of hydrogen-bond donors (Lipinski definition) is 0. The number of fused-ring (bicyclic) bond motifs is 1. The number of carbonyl (C=O) groups is 1. The first-order valence-corrected chi connectivity index (χ1v) is 13.1. The van der Waals surface area contributed by atoms with Crippen molar-refractivity contribution in [3.05, 3.63) is 77.5 Å². The number of piperidine rings is 1. The molecule has 1 aromatic carbocycles. The van der Waals surface area contributed by atoms with Crippen molar-refractivity contribution in [1.82, 2.24) is 24.4 Å². The largest absolute Gasteiger partial charge is 0.489 e. The zero-order chi connectivity index (χ0) is 27.7. The minimum atomic E-state index is -0.529. The van der Waals surface area contributed by atoms with E-state index in [1.807, 2.05) is 30.5 Å². The van der Waals surface area contributed by atoms with Crippen LogP contribution in [0.25, 0.3) is 11.0 Å². The molecule has 0 radical (unpaired) electrons. The molecule has 0 saturated carbocycles. The third kappa shape index (κ3) is 5.55. The second-order valence-electron chi connectivity index (χ2n) is 10.3. The Balaban J connectivity index is 1.32. The molecule has 1 amide bonds. The van der Waals surface area contributed by atoms with Gasteiger partial charge in [-0.3, -0.25) is 4.79 Å². The first kappa shape index (κ1) is 26.5. The van der Waals surface area contributed by atoms with E-state index in [-0.39, 0.29) is 30.0 Å². The van der Waals surface area contributed by atoms with Crippen LogP contribution in [0.15, 0.2) is 49.1 Å². The fourth-order valence-electron chi connectivity index (χ4n) is 5.05. The van der Waals surface area contributed by atoms with Gasteiger partial charge in [-0.15, -0.1) is 0 Å². The lowest BCUT2D eigenvalue weighted by Crippen LogP contribution is -2.35. The Morgan fingerprint density at radius 1 is 1.08 bits per heavy atom. The third-order valence-corrected chi connectivity index (χ3v) is 6.98. The average Bonchev–Trinajstić information content (AvgIpc) is 3.26. The number of carbonyl (C=O) groups excluding carboxylic acids is 1. The third-order valence-electron chi connectivity index (χ3n) is 6.98. The predicted octanol–water partition coefficient (Wildman–Crippen LogP) is 5.03. The van der Waals surface area contributed by atoms with Crippen LogP contribution in [-0.2, 0) is 6.42 Å². The molecule has 1 aliphatic rings. The molecule has 0 bridgehead atoms. The van der Waals surface area contributed by atoms with E-state index >= 15 is 4.39 Å². The summed E-state index contributed by atoms with van der Waals surface area (Å²) in [6.07, 6.45) is 6.39. The number of anilines is 1. The summed E-state index contributed by atoms with van der Waals surface area (Å²) in [4.78, 5) is 29.0. The molecule has 1 aliphatic heterocycles. The molecule has 39 heavy (non-hydrogen) atoms. The van der Waals surface area contributed by atoms with Crippen LogP contribution in [-0.4, -0.2) is 63.6 Å². The van der Waals surface area contributed by atoms with Crippen molar-refractivity contribution in [2.24, 2.45) is 0 Å². The number of hydrogen-bond acceptors (Lipinski definition) is 6. The fourth-order valence-corrected chi connectivity index (χ4v) is 5.05. The Morgan fingerprint density at radius 2 is 1.85 bits per heavy atom. The molecule has 5 rings (SSSR count). The van der Waals surface area contributed by atoms with Gasteiger partial charge in [0.15, 0.2) is 5.82 Å². The summed E-state index contributed by atoms with van der Waals surface area (Å²) in [6.45, 7) is 5.49. The minimum absolute atomic E-state index is 0.0626. The van der Waals surface area contributed by atoms with Gasteiger partial charge < -0.3 is 19.1 Å². The number of benzene rings is 1. The summed E-state index contributed by atoms with van der Waals surface area (Å²) >= 11 is 0. The molecular weight excluding hydrogens is 502 g/mol. The second kappa shape index (κ2) is 11.0. The smallest absolute Gasteiger partial charge is 0.253 e. The number of amides is 1. The van der Waals surface area contributed by atoms with Crippen molar-refractivity contribution in [3.63, 3.8) is 0 Å². The number of pyridine rings is 1. The van der Waals surface area contributed by atoms with Crippen LogP contribution in [0, 0.1) is 11.6 Å². The van der Waals surface area contributed by atoms with E-state index in [9.17, 15) is 9.18 Å². The lowest BCUT2D eigenvalue weighted by Gasteiger charge is -2.33. The Bertz CT molecular complexity index is 1480. The van der Waals surface area contributed by atoms with Gasteiger partial charge in [-0.05, 0) is 56.5 Å². The van der Waals surface area contributed by atoms with Crippen LogP contribution in [0.3, 0.4) is 0 Å². The lowest BCUT2D eigenvalue weighted by atomic mass is 10.0. The predicted molar refractivity (Wildman–Crippen MR) is 145 cm³/mol. The lowest BCUT2D eigenvalue weighted by molar-refractivity contribution is 0.0827. The first-order chi connectivity index (χ1) is 18.7. The van der Waals surface area contributed by atoms with Crippen molar-refractivity contribution in [1.29, 1.82) is 0 Å². The van der Waals surface area contributed by atoms with Crippen LogP contribution in [0.1, 0.15) is 54.3 Å². The highest BCUT2D eigenvalue weighted by atomic mass is 19.1. The van der Waals surface area contributed by atoms with E-state index in [0.29, 0.717) is 22.3 Å². The van der Waals surface area contributed by atoms with Gasteiger partial charge in [-0.1, -0.05) is 6.07 Å². The van der Waals surface area contributed by atoms with E-state index < -0.39 is 11.6 Å². The molecule has 1 fully saturated rings. The Kier molecular flexibility index (Phi) is 7.45. The van der Waals surface area contributed by atoms with Crippen LogP contribution in [0.4, 0.5) is 14.6 Å². The van der Waals surface area contributed by atoms with Crippen molar-refractivity contribution in [2.45, 2.75) is 45.3 Å². The summed E-state index contributed by atoms with van der Waals surface area (Å²) in [5, 5.41) is 0.301.